The highest BCUT2D eigenvalue weighted by atomic mass is 16.6. The Bertz CT molecular complexity index is 1760. The minimum absolute atomic E-state index is 0.0659. The van der Waals surface area contributed by atoms with E-state index in [1.165, 1.54) is 0 Å². The Labute approximate surface area is 274 Å². The van der Waals surface area contributed by atoms with E-state index in [4.69, 9.17) is 15.2 Å². The second kappa shape index (κ2) is 14.4. The predicted molar refractivity (Wildman–Crippen MR) is 180 cm³/mol. The molecule has 9 nitrogen and oxygen atoms in total. The zero-order valence-electron chi connectivity index (χ0n) is 26.8. The number of amides is 2. The number of benzene rings is 4. The van der Waals surface area contributed by atoms with Gasteiger partial charge in [0.25, 0.3) is 0 Å². The van der Waals surface area contributed by atoms with E-state index in [9.17, 15) is 19.2 Å². The van der Waals surface area contributed by atoms with Crippen LogP contribution in [-0.4, -0.2) is 53.2 Å². The summed E-state index contributed by atoms with van der Waals surface area (Å²) >= 11 is 0. The molecular weight excluding hydrogens is 594 g/mol. The van der Waals surface area contributed by atoms with Gasteiger partial charge in [-0.3, -0.25) is 14.4 Å². The van der Waals surface area contributed by atoms with Crippen molar-refractivity contribution in [1.29, 1.82) is 0 Å². The smallest absolute Gasteiger partial charge is 0.417 e. The number of hydrogen-bond donors (Lipinski definition) is 2. The molecule has 3 N–H and O–H groups in total. The summed E-state index contributed by atoms with van der Waals surface area (Å²) in [5, 5.41) is 3.23. The van der Waals surface area contributed by atoms with E-state index in [-0.39, 0.29) is 24.5 Å². The van der Waals surface area contributed by atoms with Crippen molar-refractivity contribution in [3.8, 4) is 5.75 Å². The van der Waals surface area contributed by atoms with Crippen molar-refractivity contribution in [3.63, 3.8) is 0 Å². The van der Waals surface area contributed by atoms with Crippen LogP contribution < -0.4 is 15.8 Å². The molecule has 0 spiro atoms. The van der Waals surface area contributed by atoms with Crippen molar-refractivity contribution >= 4 is 29.3 Å². The molecule has 4 aromatic carbocycles. The molecule has 0 aliphatic heterocycles. The van der Waals surface area contributed by atoms with Crippen LogP contribution in [-0.2, 0) is 22.6 Å². The van der Waals surface area contributed by atoms with E-state index in [0.717, 1.165) is 16.0 Å². The zero-order chi connectivity index (χ0) is 33.6. The molecule has 0 saturated heterocycles. The molecule has 5 rings (SSSR count). The number of anilines is 1. The van der Waals surface area contributed by atoms with E-state index in [0.29, 0.717) is 53.3 Å². The lowest BCUT2D eigenvalue weighted by atomic mass is 9.84. The van der Waals surface area contributed by atoms with Crippen LogP contribution in [0, 0.1) is 0 Å². The third-order valence-electron chi connectivity index (χ3n) is 7.64. The Balaban J connectivity index is 1.18. The molecule has 1 atom stereocenters. The third kappa shape index (κ3) is 8.31. The molecule has 9 heteroatoms. The first-order valence-corrected chi connectivity index (χ1v) is 15.6. The molecule has 47 heavy (non-hydrogen) atoms. The molecule has 0 fully saturated rings. The summed E-state index contributed by atoms with van der Waals surface area (Å²) in [4.78, 5) is 53.6. The number of fused-ring (bicyclic) bond motifs is 2. The molecule has 0 bridgehead atoms. The Morgan fingerprint density at radius 1 is 0.787 bits per heavy atom. The standard InChI is InChI=1S/C38H39N3O6/c1-38(2,3)47-37(45)41(36(44)33(39)22-25-14-17-28(18-15-25)46-24-26-10-5-4-6-11-26)21-9-20-40-27-16-19-31-32(23-27)35(43)30-13-8-7-12-29(30)34(31)42/h4-8,10-19,23,33,40H,9,20-22,24,39H2,1-3H3/t33-/m0/s1. The quantitative estimate of drug-likeness (QED) is 0.165. The first-order valence-electron chi connectivity index (χ1n) is 15.6. The average molecular weight is 634 g/mol. The Morgan fingerprint density at radius 2 is 1.40 bits per heavy atom. The summed E-state index contributed by atoms with van der Waals surface area (Å²) in [6, 6.07) is 28.1. The van der Waals surface area contributed by atoms with Gasteiger partial charge in [0.1, 0.15) is 18.0 Å². The number of carbonyl (C=O) groups excluding carboxylic acids is 4. The third-order valence-corrected chi connectivity index (χ3v) is 7.64. The average Bonchev–Trinajstić information content (AvgIpc) is 3.06. The molecule has 0 unspecified atom stereocenters. The summed E-state index contributed by atoms with van der Waals surface area (Å²) in [6.45, 7) is 6.09. The SMILES string of the molecule is CC(C)(C)OC(=O)N(CCCNc1ccc2c(c1)C(=O)c1ccccc1C2=O)C(=O)[C@@H](N)Cc1ccc(OCc2ccccc2)cc1. The van der Waals surface area contributed by atoms with Crippen molar-refractivity contribution in [2.45, 2.75) is 51.9 Å². The van der Waals surface area contributed by atoms with Gasteiger partial charge in [0.2, 0.25) is 5.91 Å². The largest absolute Gasteiger partial charge is 0.489 e. The lowest BCUT2D eigenvalue weighted by Crippen LogP contribution is -2.49. The minimum atomic E-state index is -0.973. The molecule has 242 valence electrons. The number of carbonyl (C=O) groups is 4. The topological polar surface area (TPSA) is 128 Å². The van der Waals surface area contributed by atoms with Crippen LogP contribution in [0.15, 0.2) is 97.1 Å². The van der Waals surface area contributed by atoms with Gasteiger partial charge in [0.15, 0.2) is 11.6 Å². The maximum atomic E-state index is 13.5. The number of nitrogens with zero attached hydrogens (tertiary/aromatic N) is 1. The molecular formula is C38H39N3O6. The van der Waals surface area contributed by atoms with Gasteiger partial charge in [0, 0.05) is 41.0 Å². The van der Waals surface area contributed by atoms with Crippen molar-refractivity contribution in [1.82, 2.24) is 4.90 Å². The second-order valence-electron chi connectivity index (χ2n) is 12.4. The van der Waals surface area contributed by atoms with Crippen LogP contribution >= 0.6 is 0 Å². The van der Waals surface area contributed by atoms with E-state index >= 15 is 0 Å². The van der Waals surface area contributed by atoms with Crippen molar-refractivity contribution < 1.29 is 28.7 Å². The van der Waals surface area contributed by atoms with E-state index in [1.807, 2.05) is 54.6 Å². The van der Waals surface area contributed by atoms with Gasteiger partial charge in [-0.1, -0.05) is 66.7 Å². The Kier molecular flexibility index (Phi) is 10.2. The predicted octanol–water partition coefficient (Wildman–Crippen LogP) is 6.18. The zero-order valence-corrected chi connectivity index (χ0v) is 26.8. The molecule has 2 amide bonds. The van der Waals surface area contributed by atoms with Crippen LogP contribution in [0.3, 0.4) is 0 Å². The lowest BCUT2D eigenvalue weighted by Gasteiger charge is -2.28. The first-order chi connectivity index (χ1) is 22.5. The fourth-order valence-electron chi connectivity index (χ4n) is 5.29. The van der Waals surface area contributed by atoms with Gasteiger partial charge in [-0.25, -0.2) is 9.69 Å². The van der Waals surface area contributed by atoms with Crippen LogP contribution in [0.25, 0.3) is 0 Å². The second-order valence-corrected chi connectivity index (χ2v) is 12.4. The maximum absolute atomic E-state index is 13.5. The highest BCUT2D eigenvalue weighted by Crippen LogP contribution is 2.29. The normalized spacial score (nSPS) is 12.9. The number of ketones is 2. The van der Waals surface area contributed by atoms with E-state index < -0.39 is 23.6 Å². The molecule has 0 heterocycles. The highest BCUT2D eigenvalue weighted by Gasteiger charge is 2.31. The van der Waals surface area contributed by atoms with Crippen LogP contribution in [0.2, 0.25) is 0 Å². The summed E-state index contributed by atoms with van der Waals surface area (Å²) < 4.78 is 11.4. The summed E-state index contributed by atoms with van der Waals surface area (Å²) in [5.41, 5.74) is 9.55. The number of imide groups is 1. The Hall–Kier alpha value is -5.28. The van der Waals surface area contributed by atoms with Crippen molar-refractivity contribution in [2.24, 2.45) is 5.73 Å². The van der Waals surface area contributed by atoms with Crippen LogP contribution in [0.5, 0.6) is 5.75 Å². The van der Waals surface area contributed by atoms with Gasteiger partial charge in [-0.15, -0.1) is 0 Å². The van der Waals surface area contributed by atoms with Crippen molar-refractivity contribution in [2.75, 3.05) is 18.4 Å². The van der Waals surface area contributed by atoms with Gasteiger partial charge in [-0.2, -0.15) is 0 Å². The molecule has 0 saturated carbocycles. The lowest BCUT2D eigenvalue weighted by molar-refractivity contribution is -0.131. The fourth-order valence-corrected chi connectivity index (χ4v) is 5.29. The van der Waals surface area contributed by atoms with E-state index in [1.54, 1.807) is 63.2 Å². The van der Waals surface area contributed by atoms with Crippen LogP contribution in [0.1, 0.15) is 70.2 Å². The molecule has 4 aromatic rings. The number of hydrogen-bond acceptors (Lipinski definition) is 8. The monoisotopic (exact) mass is 633 g/mol. The van der Waals surface area contributed by atoms with Gasteiger partial charge < -0.3 is 20.5 Å². The molecule has 1 aliphatic carbocycles. The van der Waals surface area contributed by atoms with Gasteiger partial charge in [0.05, 0.1) is 6.04 Å². The van der Waals surface area contributed by atoms with Gasteiger partial charge in [-0.05, 0) is 75.1 Å². The fraction of sp³-hybridized carbons (Fsp3) is 0.263. The highest BCUT2D eigenvalue weighted by molar-refractivity contribution is 6.28. The van der Waals surface area contributed by atoms with E-state index in [2.05, 4.69) is 5.32 Å². The maximum Gasteiger partial charge on any atom is 0.417 e. The van der Waals surface area contributed by atoms with Crippen LogP contribution in [0.4, 0.5) is 10.5 Å². The summed E-state index contributed by atoms with van der Waals surface area (Å²) in [5.74, 6) is -0.235. The number of nitrogens with two attached hydrogens (primary N) is 1. The minimum Gasteiger partial charge on any atom is -0.489 e. The summed E-state index contributed by atoms with van der Waals surface area (Å²) in [6.07, 6.45) is -0.155. The summed E-state index contributed by atoms with van der Waals surface area (Å²) in [7, 11) is 0. The Morgan fingerprint density at radius 3 is 2.06 bits per heavy atom. The molecule has 0 radical (unpaired) electrons. The molecule has 1 aliphatic rings. The number of ether oxygens (including phenoxy) is 2. The van der Waals surface area contributed by atoms with Gasteiger partial charge >= 0.3 is 6.09 Å². The van der Waals surface area contributed by atoms with Crippen molar-refractivity contribution in [3.05, 3.63) is 130 Å². The number of nitrogens with one attached hydrogen (secondary N) is 1. The first kappa shape index (κ1) is 33.1. The molecule has 0 aromatic heterocycles. The number of rotatable bonds is 11.